The molecule has 0 spiro atoms. The first-order valence-electron chi connectivity index (χ1n) is 5.96. The van der Waals surface area contributed by atoms with Crippen molar-refractivity contribution in [1.29, 1.82) is 0 Å². The van der Waals surface area contributed by atoms with Crippen LogP contribution >= 0.6 is 0 Å². The smallest absolute Gasteiger partial charge is 0.317 e. The molecule has 0 amide bonds. The van der Waals surface area contributed by atoms with Crippen molar-refractivity contribution in [3.63, 3.8) is 0 Å². The molecule has 1 aromatic rings. The van der Waals surface area contributed by atoms with Crippen LogP contribution in [0.3, 0.4) is 0 Å². The number of likely N-dealkylation sites (N-methyl/N-ethyl adjacent to an activating group) is 1. The van der Waals surface area contributed by atoms with Gasteiger partial charge in [-0.2, -0.15) is 0 Å². The van der Waals surface area contributed by atoms with Gasteiger partial charge in [0, 0.05) is 5.56 Å². The maximum Gasteiger partial charge on any atom is 0.317 e. The molecule has 19 heavy (non-hydrogen) atoms. The van der Waals surface area contributed by atoms with Gasteiger partial charge in [0.2, 0.25) is 0 Å². The summed E-state index contributed by atoms with van der Waals surface area (Å²) in [6.45, 7) is 7.27. The highest BCUT2D eigenvalue weighted by atomic mass is 16.4. The molecule has 0 heterocycles. The number of allylic oxidation sites excluding steroid dienone is 1. The van der Waals surface area contributed by atoms with E-state index in [0.29, 0.717) is 12.0 Å². The van der Waals surface area contributed by atoms with E-state index in [1.54, 1.807) is 30.2 Å². The van der Waals surface area contributed by atoms with E-state index in [0.717, 1.165) is 5.56 Å². The minimum Gasteiger partial charge on any atom is -0.508 e. The molecule has 0 aromatic heterocycles. The fourth-order valence-electron chi connectivity index (χ4n) is 1.99. The second-order valence-corrected chi connectivity index (χ2v) is 4.38. The molecule has 1 rings (SSSR count). The van der Waals surface area contributed by atoms with Gasteiger partial charge in [-0.1, -0.05) is 18.2 Å². The molecular formula is C15H19NO3. The van der Waals surface area contributed by atoms with E-state index in [1.807, 2.05) is 12.1 Å². The van der Waals surface area contributed by atoms with Gasteiger partial charge in [-0.3, -0.25) is 9.69 Å². The molecule has 4 heteroatoms. The van der Waals surface area contributed by atoms with E-state index in [9.17, 15) is 9.90 Å². The molecule has 0 aliphatic carbocycles. The second kappa shape index (κ2) is 6.75. The molecule has 1 unspecified atom stereocenters. The Balaban J connectivity index is 3.08. The average molecular weight is 261 g/mol. The quantitative estimate of drug-likeness (QED) is 0.740. The number of aliphatic carboxylic acids is 1. The minimum absolute atomic E-state index is 0.123. The van der Waals surface area contributed by atoms with Gasteiger partial charge >= 0.3 is 5.97 Å². The number of benzene rings is 1. The molecular weight excluding hydrogens is 242 g/mol. The van der Waals surface area contributed by atoms with Crippen LogP contribution in [-0.4, -0.2) is 34.7 Å². The maximum absolute atomic E-state index is 10.8. The molecule has 1 aromatic carbocycles. The van der Waals surface area contributed by atoms with E-state index in [1.165, 1.54) is 0 Å². The van der Waals surface area contributed by atoms with Crippen LogP contribution in [0.5, 0.6) is 5.75 Å². The van der Waals surface area contributed by atoms with Crippen molar-refractivity contribution in [2.45, 2.75) is 12.5 Å². The van der Waals surface area contributed by atoms with E-state index >= 15 is 0 Å². The lowest BCUT2D eigenvalue weighted by molar-refractivity contribution is -0.138. The second-order valence-electron chi connectivity index (χ2n) is 4.38. The Kier molecular flexibility index (Phi) is 5.33. The molecule has 0 fully saturated rings. The predicted molar refractivity (Wildman–Crippen MR) is 75.2 cm³/mol. The molecule has 4 nitrogen and oxygen atoms in total. The summed E-state index contributed by atoms with van der Waals surface area (Å²) in [5, 5.41) is 18.8. The van der Waals surface area contributed by atoms with Gasteiger partial charge in [-0.05, 0) is 31.2 Å². The standard InChI is InChI=1S/C15H19NO3/c1-4-6-11-7-8-14(17)12(9-11)13(5-2)16(3)10-15(18)19/h4-5,7-9,13,17H,1-2,6,10H2,3H3,(H,18,19). The minimum atomic E-state index is -0.920. The monoisotopic (exact) mass is 261 g/mol. The van der Waals surface area contributed by atoms with Gasteiger partial charge in [0.15, 0.2) is 0 Å². The first-order valence-corrected chi connectivity index (χ1v) is 5.96. The first-order chi connectivity index (χ1) is 8.99. The fraction of sp³-hybridized carbons (Fsp3) is 0.267. The number of aromatic hydroxyl groups is 1. The Morgan fingerprint density at radius 1 is 1.47 bits per heavy atom. The molecule has 0 aliphatic heterocycles. The number of carboxylic acids is 1. The Hall–Kier alpha value is -2.07. The van der Waals surface area contributed by atoms with Crippen LogP contribution in [-0.2, 0) is 11.2 Å². The van der Waals surface area contributed by atoms with Gasteiger partial charge in [-0.15, -0.1) is 13.2 Å². The Morgan fingerprint density at radius 2 is 2.16 bits per heavy atom. The lowest BCUT2D eigenvalue weighted by atomic mass is 10.00. The van der Waals surface area contributed by atoms with Crippen LogP contribution in [0, 0.1) is 0 Å². The Labute approximate surface area is 113 Å². The highest BCUT2D eigenvalue weighted by molar-refractivity contribution is 5.69. The highest BCUT2D eigenvalue weighted by Gasteiger charge is 2.19. The van der Waals surface area contributed by atoms with Gasteiger partial charge in [0.1, 0.15) is 5.75 Å². The maximum atomic E-state index is 10.8. The topological polar surface area (TPSA) is 60.8 Å². The van der Waals surface area contributed by atoms with Gasteiger partial charge in [0.05, 0.1) is 12.6 Å². The number of phenols is 1. The summed E-state index contributed by atoms with van der Waals surface area (Å²) in [7, 11) is 1.68. The Bertz CT molecular complexity index is 482. The van der Waals surface area contributed by atoms with Gasteiger partial charge in [0.25, 0.3) is 0 Å². The zero-order valence-corrected chi connectivity index (χ0v) is 11.0. The summed E-state index contributed by atoms with van der Waals surface area (Å²) in [4.78, 5) is 12.4. The number of hydrogen-bond acceptors (Lipinski definition) is 3. The van der Waals surface area contributed by atoms with Gasteiger partial charge < -0.3 is 10.2 Å². The molecule has 0 saturated carbocycles. The third-order valence-electron chi connectivity index (χ3n) is 2.87. The number of nitrogens with zero attached hydrogens (tertiary/aromatic N) is 1. The zero-order valence-electron chi connectivity index (χ0n) is 11.0. The van der Waals surface area contributed by atoms with Crippen LogP contribution in [0.15, 0.2) is 43.5 Å². The predicted octanol–water partition coefficient (Wildman–Crippen LogP) is 2.36. The summed E-state index contributed by atoms with van der Waals surface area (Å²) in [6, 6.07) is 4.93. The first kappa shape index (κ1) is 15.0. The number of carbonyl (C=O) groups is 1. The van der Waals surface area contributed by atoms with Crippen LogP contribution in [0.25, 0.3) is 0 Å². The molecule has 1 atom stereocenters. The van der Waals surface area contributed by atoms with Crippen molar-refractivity contribution < 1.29 is 15.0 Å². The van der Waals surface area contributed by atoms with Crippen LogP contribution in [0.4, 0.5) is 0 Å². The summed E-state index contributed by atoms with van der Waals surface area (Å²) in [6.07, 6.45) is 4.09. The summed E-state index contributed by atoms with van der Waals surface area (Å²) in [5.74, 6) is -0.786. The summed E-state index contributed by atoms with van der Waals surface area (Å²) >= 11 is 0. The lowest BCUT2D eigenvalue weighted by Gasteiger charge is -2.25. The van der Waals surface area contributed by atoms with Crippen molar-refractivity contribution in [2.24, 2.45) is 0 Å². The largest absolute Gasteiger partial charge is 0.508 e. The normalized spacial score (nSPS) is 12.1. The van der Waals surface area contributed by atoms with Crippen molar-refractivity contribution in [3.8, 4) is 5.75 Å². The third-order valence-corrected chi connectivity index (χ3v) is 2.87. The van der Waals surface area contributed by atoms with Crippen LogP contribution in [0.2, 0.25) is 0 Å². The van der Waals surface area contributed by atoms with Crippen molar-refractivity contribution >= 4 is 5.97 Å². The van der Waals surface area contributed by atoms with E-state index < -0.39 is 5.97 Å². The van der Waals surface area contributed by atoms with Crippen molar-refractivity contribution in [3.05, 3.63) is 54.6 Å². The molecule has 0 bridgehead atoms. The number of hydrogen-bond donors (Lipinski definition) is 2. The molecule has 102 valence electrons. The number of phenolic OH excluding ortho intramolecular Hbond substituents is 1. The number of carboxylic acid groups (broad SMARTS) is 1. The zero-order chi connectivity index (χ0) is 14.4. The average Bonchev–Trinajstić information content (AvgIpc) is 2.33. The Morgan fingerprint density at radius 3 is 2.68 bits per heavy atom. The van der Waals surface area contributed by atoms with Crippen molar-refractivity contribution in [2.75, 3.05) is 13.6 Å². The van der Waals surface area contributed by atoms with Crippen molar-refractivity contribution in [1.82, 2.24) is 4.90 Å². The van der Waals surface area contributed by atoms with E-state index in [4.69, 9.17) is 5.11 Å². The lowest BCUT2D eigenvalue weighted by Crippen LogP contribution is -2.29. The van der Waals surface area contributed by atoms with E-state index in [2.05, 4.69) is 13.2 Å². The summed E-state index contributed by atoms with van der Waals surface area (Å²) in [5.41, 5.74) is 1.66. The fourth-order valence-corrected chi connectivity index (χ4v) is 1.99. The molecule has 0 aliphatic rings. The van der Waals surface area contributed by atoms with E-state index in [-0.39, 0.29) is 18.3 Å². The van der Waals surface area contributed by atoms with Crippen LogP contribution < -0.4 is 0 Å². The SMILES string of the molecule is C=CCc1ccc(O)c(C(C=C)N(C)CC(=O)O)c1. The van der Waals surface area contributed by atoms with Gasteiger partial charge in [-0.25, -0.2) is 0 Å². The molecule has 2 N–H and O–H groups in total. The molecule has 0 radical (unpaired) electrons. The summed E-state index contributed by atoms with van der Waals surface area (Å²) < 4.78 is 0. The number of rotatable bonds is 7. The van der Waals surface area contributed by atoms with Crippen LogP contribution in [0.1, 0.15) is 17.2 Å². The highest BCUT2D eigenvalue weighted by Crippen LogP contribution is 2.29. The molecule has 0 saturated heterocycles. The third kappa shape index (κ3) is 3.96.